The third-order valence-corrected chi connectivity index (χ3v) is 4.57. The highest BCUT2D eigenvalue weighted by atomic mass is 32.2. The minimum absolute atomic E-state index is 0.106. The first kappa shape index (κ1) is 22.2. The molecule has 0 aliphatic rings. The molecule has 0 bridgehead atoms. The van der Waals surface area contributed by atoms with E-state index in [0.29, 0.717) is 35.2 Å². The normalized spacial score (nSPS) is 10.3. The Hall–Kier alpha value is -1.89. The highest BCUT2D eigenvalue weighted by molar-refractivity contribution is 8.00. The van der Waals surface area contributed by atoms with Gasteiger partial charge in [-0.2, -0.15) is 0 Å². The molecule has 0 aliphatic carbocycles. The second kappa shape index (κ2) is 12.5. The van der Waals surface area contributed by atoms with Gasteiger partial charge >= 0.3 is 11.9 Å². The van der Waals surface area contributed by atoms with Crippen LogP contribution in [-0.2, 0) is 14.3 Å². The Morgan fingerprint density at radius 2 is 1.50 bits per heavy atom. The minimum Gasteiger partial charge on any atom is -0.493 e. The Labute approximate surface area is 159 Å². The van der Waals surface area contributed by atoms with E-state index in [1.165, 1.54) is 26.0 Å². The van der Waals surface area contributed by atoms with Gasteiger partial charge in [-0.25, -0.2) is 4.79 Å². The molecule has 7 heteroatoms. The predicted octanol–water partition coefficient (Wildman–Crippen LogP) is 4.10. The molecule has 0 saturated heterocycles. The molecule has 26 heavy (non-hydrogen) atoms. The Morgan fingerprint density at radius 3 is 2.08 bits per heavy atom. The van der Waals surface area contributed by atoms with Gasteiger partial charge in [0.05, 0.1) is 38.7 Å². The van der Waals surface area contributed by atoms with Crippen LogP contribution >= 0.6 is 11.8 Å². The van der Waals surface area contributed by atoms with E-state index in [1.807, 2.05) is 13.8 Å². The molecular weight excluding hydrogens is 356 g/mol. The number of hydrogen-bond acceptors (Lipinski definition) is 7. The van der Waals surface area contributed by atoms with Crippen molar-refractivity contribution in [3.63, 3.8) is 0 Å². The lowest BCUT2D eigenvalue weighted by Gasteiger charge is -2.14. The second-order valence-corrected chi connectivity index (χ2v) is 6.57. The number of benzene rings is 1. The summed E-state index contributed by atoms with van der Waals surface area (Å²) in [5, 5.41) is 0. The summed E-state index contributed by atoms with van der Waals surface area (Å²) < 4.78 is 21.0. The van der Waals surface area contributed by atoms with E-state index >= 15 is 0 Å². The first-order valence-electron chi connectivity index (χ1n) is 8.78. The van der Waals surface area contributed by atoms with Gasteiger partial charge < -0.3 is 18.9 Å². The first-order valence-corrected chi connectivity index (χ1v) is 9.77. The van der Waals surface area contributed by atoms with E-state index in [4.69, 9.17) is 18.9 Å². The number of unbranched alkanes of at least 4 members (excludes halogenated alkanes) is 2. The van der Waals surface area contributed by atoms with Gasteiger partial charge in [-0.05, 0) is 25.0 Å². The zero-order valence-electron chi connectivity index (χ0n) is 16.0. The Balaban J connectivity index is 2.91. The predicted molar refractivity (Wildman–Crippen MR) is 101 cm³/mol. The van der Waals surface area contributed by atoms with E-state index in [9.17, 15) is 9.59 Å². The number of esters is 2. The molecule has 0 saturated carbocycles. The van der Waals surface area contributed by atoms with Gasteiger partial charge in [0, 0.05) is 4.90 Å². The number of thioether (sulfide) groups is 1. The molecule has 0 fully saturated rings. The van der Waals surface area contributed by atoms with Crippen LogP contribution in [0, 0.1) is 0 Å². The number of carbonyl (C=O) groups is 2. The summed E-state index contributed by atoms with van der Waals surface area (Å²) in [7, 11) is 3.02. The van der Waals surface area contributed by atoms with Crippen LogP contribution < -0.4 is 9.47 Å². The molecule has 0 unspecified atom stereocenters. The molecule has 1 aromatic rings. The molecular formula is C19H28O6S. The highest BCUT2D eigenvalue weighted by Gasteiger charge is 2.19. The van der Waals surface area contributed by atoms with Gasteiger partial charge in [-0.15, -0.1) is 11.8 Å². The molecule has 0 aromatic heterocycles. The van der Waals surface area contributed by atoms with E-state index in [1.54, 1.807) is 12.1 Å². The molecule has 0 heterocycles. The molecule has 0 aliphatic heterocycles. The van der Waals surface area contributed by atoms with Gasteiger partial charge in [0.1, 0.15) is 0 Å². The van der Waals surface area contributed by atoms with Crippen molar-refractivity contribution < 1.29 is 28.5 Å². The monoisotopic (exact) mass is 384 g/mol. The van der Waals surface area contributed by atoms with Crippen LogP contribution in [0.25, 0.3) is 0 Å². The van der Waals surface area contributed by atoms with Crippen molar-refractivity contribution >= 4 is 23.7 Å². The largest absolute Gasteiger partial charge is 0.493 e. The Morgan fingerprint density at radius 1 is 0.923 bits per heavy atom. The van der Waals surface area contributed by atoms with Crippen LogP contribution in [0.1, 0.15) is 49.9 Å². The third kappa shape index (κ3) is 7.15. The fourth-order valence-electron chi connectivity index (χ4n) is 2.03. The maximum absolute atomic E-state index is 12.4. The molecule has 0 amide bonds. The van der Waals surface area contributed by atoms with Crippen LogP contribution in [0.2, 0.25) is 0 Å². The zero-order chi connectivity index (χ0) is 19.4. The molecule has 0 atom stereocenters. The van der Waals surface area contributed by atoms with Gasteiger partial charge in [-0.3, -0.25) is 4.79 Å². The van der Waals surface area contributed by atoms with Crippen molar-refractivity contribution in [2.45, 2.75) is 44.4 Å². The Kier molecular flexibility index (Phi) is 10.6. The molecule has 146 valence electrons. The van der Waals surface area contributed by atoms with Crippen LogP contribution in [0.3, 0.4) is 0 Å². The Bertz CT molecular complexity index is 588. The maximum atomic E-state index is 12.4. The smallest absolute Gasteiger partial charge is 0.339 e. The molecule has 0 spiro atoms. The van der Waals surface area contributed by atoms with Crippen LogP contribution in [-0.4, -0.2) is 45.1 Å². The van der Waals surface area contributed by atoms with Crippen molar-refractivity contribution in [3.8, 4) is 11.5 Å². The van der Waals surface area contributed by atoms with Crippen LogP contribution in [0.5, 0.6) is 11.5 Å². The molecule has 0 N–H and O–H groups in total. The lowest BCUT2D eigenvalue weighted by Crippen LogP contribution is -2.11. The van der Waals surface area contributed by atoms with Gasteiger partial charge in [-0.1, -0.05) is 26.7 Å². The summed E-state index contributed by atoms with van der Waals surface area (Å²) in [4.78, 5) is 24.9. The summed E-state index contributed by atoms with van der Waals surface area (Å²) in [6.45, 7) is 4.82. The minimum atomic E-state index is -0.443. The fraction of sp³-hybridized carbons (Fsp3) is 0.579. The molecule has 0 radical (unpaired) electrons. The zero-order valence-corrected chi connectivity index (χ0v) is 16.8. The van der Waals surface area contributed by atoms with E-state index in [2.05, 4.69) is 0 Å². The highest BCUT2D eigenvalue weighted by Crippen LogP contribution is 2.35. The van der Waals surface area contributed by atoms with Crippen LogP contribution in [0.4, 0.5) is 0 Å². The van der Waals surface area contributed by atoms with E-state index in [0.717, 1.165) is 25.7 Å². The number of methoxy groups -OCH3 is 2. The lowest BCUT2D eigenvalue weighted by atomic mass is 10.2. The second-order valence-electron chi connectivity index (χ2n) is 5.56. The summed E-state index contributed by atoms with van der Waals surface area (Å²) in [5.74, 6) is 0.267. The topological polar surface area (TPSA) is 71.1 Å². The van der Waals surface area contributed by atoms with Gasteiger partial charge in [0.2, 0.25) is 0 Å². The quantitative estimate of drug-likeness (QED) is 0.305. The number of carbonyl (C=O) groups excluding carboxylic acids is 2. The molecule has 6 nitrogen and oxygen atoms in total. The van der Waals surface area contributed by atoms with Crippen molar-refractivity contribution in [3.05, 3.63) is 17.7 Å². The number of rotatable bonds is 12. The van der Waals surface area contributed by atoms with E-state index in [-0.39, 0.29) is 11.7 Å². The standard InChI is InChI=1S/C19H28O6S/c1-5-7-9-24-18(20)13-26-17-12-16(23-4)15(22-3)11-14(17)19(21)25-10-8-6-2/h11-12H,5-10,13H2,1-4H3. The van der Waals surface area contributed by atoms with Gasteiger partial charge in [0.25, 0.3) is 0 Å². The maximum Gasteiger partial charge on any atom is 0.339 e. The average Bonchev–Trinajstić information content (AvgIpc) is 2.65. The summed E-state index contributed by atoms with van der Waals surface area (Å²) in [5.41, 5.74) is 0.352. The van der Waals surface area contributed by atoms with Crippen LogP contribution in [0.15, 0.2) is 17.0 Å². The fourth-order valence-corrected chi connectivity index (χ4v) is 2.88. The van der Waals surface area contributed by atoms with Crippen molar-refractivity contribution in [2.24, 2.45) is 0 Å². The lowest BCUT2D eigenvalue weighted by molar-refractivity contribution is -0.140. The molecule has 1 rings (SSSR count). The summed E-state index contributed by atoms with van der Waals surface area (Å²) >= 11 is 1.22. The van der Waals surface area contributed by atoms with Crippen molar-refractivity contribution in [1.82, 2.24) is 0 Å². The SMILES string of the molecule is CCCCOC(=O)CSc1cc(OC)c(OC)cc1C(=O)OCCCC. The van der Waals surface area contributed by atoms with Crippen molar-refractivity contribution in [2.75, 3.05) is 33.2 Å². The average molecular weight is 384 g/mol. The summed E-state index contributed by atoms with van der Waals surface area (Å²) in [6, 6.07) is 3.26. The summed E-state index contributed by atoms with van der Waals surface area (Å²) in [6.07, 6.45) is 3.53. The third-order valence-electron chi connectivity index (χ3n) is 3.54. The number of ether oxygens (including phenoxy) is 4. The number of hydrogen-bond donors (Lipinski definition) is 0. The molecule has 1 aromatic carbocycles. The van der Waals surface area contributed by atoms with Gasteiger partial charge in [0.15, 0.2) is 11.5 Å². The van der Waals surface area contributed by atoms with E-state index < -0.39 is 5.97 Å². The van der Waals surface area contributed by atoms with Crippen molar-refractivity contribution in [1.29, 1.82) is 0 Å². The first-order chi connectivity index (χ1) is 12.6.